The number of piperidine rings is 1. The Hall–Kier alpha value is -3.72. The maximum atomic E-state index is 12.9. The molecule has 0 N–H and O–H groups in total. The lowest BCUT2D eigenvalue weighted by molar-refractivity contribution is -0.384. The summed E-state index contributed by atoms with van der Waals surface area (Å²) in [5.41, 5.74) is 1.75. The number of nitrogens with zero attached hydrogens (tertiary/aromatic N) is 4. The maximum absolute atomic E-state index is 12.9. The molecule has 1 aliphatic heterocycles. The van der Waals surface area contributed by atoms with Gasteiger partial charge in [-0.2, -0.15) is 0 Å². The van der Waals surface area contributed by atoms with E-state index in [-0.39, 0.29) is 29.7 Å². The Labute approximate surface area is 231 Å². The van der Waals surface area contributed by atoms with E-state index in [4.69, 9.17) is 4.74 Å². The van der Waals surface area contributed by atoms with Crippen LogP contribution in [0.5, 0.6) is 0 Å². The maximum Gasteiger partial charge on any atom is 0.410 e. The summed E-state index contributed by atoms with van der Waals surface area (Å²) in [6.45, 7) is 11.4. The number of hydrogen-bond donors (Lipinski definition) is 0. The fourth-order valence-corrected chi connectivity index (χ4v) is 5.10. The Morgan fingerprint density at radius 2 is 1.79 bits per heavy atom. The van der Waals surface area contributed by atoms with Crippen molar-refractivity contribution in [2.75, 3.05) is 39.8 Å². The van der Waals surface area contributed by atoms with Crippen molar-refractivity contribution in [2.24, 2.45) is 0 Å². The van der Waals surface area contributed by atoms with Gasteiger partial charge < -0.3 is 19.4 Å². The molecule has 1 saturated heterocycles. The third kappa shape index (κ3) is 8.38. The minimum atomic E-state index is -0.458. The Morgan fingerprint density at radius 3 is 2.36 bits per heavy atom. The number of likely N-dealkylation sites (N-methyl/N-ethyl adjacent to an activating group) is 1. The van der Waals surface area contributed by atoms with Gasteiger partial charge in [0, 0.05) is 63.7 Å². The number of amides is 2. The van der Waals surface area contributed by atoms with Crippen LogP contribution in [-0.2, 0) is 21.6 Å². The number of non-ortho nitro benzene ring substituents is 1. The molecule has 1 fully saturated rings. The molecule has 2 aromatic rings. The van der Waals surface area contributed by atoms with E-state index in [2.05, 4.69) is 30.5 Å². The van der Waals surface area contributed by atoms with Crippen LogP contribution >= 0.6 is 0 Å². The van der Waals surface area contributed by atoms with Crippen molar-refractivity contribution in [2.45, 2.75) is 51.2 Å². The molecule has 1 heterocycles. The van der Waals surface area contributed by atoms with E-state index in [0.29, 0.717) is 18.7 Å². The molecule has 9 heteroatoms. The van der Waals surface area contributed by atoms with Crippen molar-refractivity contribution in [3.63, 3.8) is 0 Å². The predicted octanol–water partition coefficient (Wildman–Crippen LogP) is 5.01. The molecule has 0 radical (unpaired) electrons. The lowest BCUT2D eigenvalue weighted by atomic mass is 9.78. The molecule has 210 valence electrons. The minimum Gasteiger partial charge on any atom is -0.445 e. The number of carbonyl (C=O) groups excluding carboxylic acids is 2. The number of ether oxygens (including phenoxy) is 1. The summed E-state index contributed by atoms with van der Waals surface area (Å²) in [6.07, 6.45) is 3.87. The number of carbonyl (C=O) groups is 2. The average Bonchev–Trinajstić information content (AvgIpc) is 2.94. The van der Waals surface area contributed by atoms with Gasteiger partial charge >= 0.3 is 6.09 Å². The number of hydrogen-bond acceptors (Lipinski definition) is 6. The topological polar surface area (TPSA) is 96.2 Å². The van der Waals surface area contributed by atoms with Crippen LogP contribution in [0.3, 0.4) is 0 Å². The van der Waals surface area contributed by atoms with Gasteiger partial charge in [-0.1, -0.05) is 43.3 Å². The molecule has 2 amide bonds. The molecule has 1 aliphatic rings. The molecule has 39 heavy (non-hydrogen) atoms. The van der Waals surface area contributed by atoms with Crippen molar-refractivity contribution in [1.82, 2.24) is 14.7 Å². The van der Waals surface area contributed by atoms with Crippen LogP contribution in [0.25, 0.3) is 0 Å². The van der Waals surface area contributed by atoms with E-state index in [1.54, 1.807) is 34.9 Å². The molecule has 1 atom stereocenters. The second kappa shape index (κ2) is 13.9. The van der Waals surface area contributed by atoms with Crippen LogP contribution in [0.4, 0.5) is 10.5 Å². The highest BCUT2D eigenvalue weighted by atomic mass is 16.6. The molecule has 9 nitrogen and oxygen atoms in total. The standard InChI is InChI=1S/C30H40N4O5/c1-5-18-33(29(36)39-22-25-11-13-28(14-12-25)34(37)38)27-15-19-32(20-16-27)21-17-30(3,23-31(4)24(2)35)26-9-7-6-8-10-26/h5-14,27H,1,15-23H2,2-4H3. The third-order valence-electron chi connectivity index (χ3n) is 7.64. The van der Waals surface area contributed by atoms with Gasteiger partial charge in [0.2, 0.25) is 5.91 Å². The number of likely N-dealkylation sites (tertiary alicyclic amines) is 1. The zero-order chi connectivity index (χ0) is 28.4. The van der Waals surface area contributed by atoms with Gasteiger partial charge in [0.1, 0.15) is 6.61 Å². The highest BCUT2D eigenvalue weighted by molar-refractivity contribution is 5.73. The van der Waals surface area contributed by atoms with Gasteiger partial charge in [0.15, 0.2) is 0 Å². The van der Waals surface area contributed by atoms with E-state index in [0.717, 1.165) is 38.9 Å². The molecular weight excluding hydrogens is 496 g/mol. The first-order chi connectivity index (χ1) is 18.6. The van der Waals surface area contributed by atoms with Crippen molar-refractivity contribution >= 4 is 17.7 Å². The number of benzene rings is 2. The smallest absolute Gasteiger partial charge is 0.410 e. The van der Waals surface area contributed by atoms with Crippen molar-refractivity contribution in [3.05, 3.63) is 88.5 Å². The number of nitro groups is 1. The first-order valence-electron chi connectivity index (χ1n) is 13.4. The van der Waals surface area contributed by atoms with Crippen LogP contribution in [0.15, 0.2) is 67.3 Å². The molecule has 0 spiro atoms. The molecule has 2 aromatic carbocycles. The van der Waals surface area contributed by atoms with E-state index >= 15 is 0 Å². The fraction of sp³-hybridized carbons (Fsp3) is 0.467. The zero-order valence-corrected chi connectivity index (χ0v) is 23.3. The van der Waals surface area contributed by atoms with Crippen molar-refractivity contribution in [1.29, 1.82) is 0 Å². The SMILES string of the molecule is C=CCN(C(=O)OCc1ccc([N+](=O)[O-])cc1)C1CCN(CCC(C)(CN(C)C(C)=O)c2ccccc2)CC1. The second-order valence-corrected chi connectivity index (χ2v) is 10.5. The summed E-state index contributed by atoms with van der Waals surface area (Å²) in [5.74, 6) is 0.0562. The van der Waals surface area contributed by atoms with Gasteiger partial charge in [-0.15, -0.1) is 6.58 Å². The Balaban J connectivity index is 1.55. The van der Waals surface area contributed by atoms with E-state index < -0.39 is 11.0 Å². The zero-order valence-electron chi connectivity index (χ0n) is 23.3. The van der Waals surface area contributed by atoms with Crippen molar-refractivity contribution < 1.29 is 19.2 Å². The summed E-state index contributed by atoms with van der Waals surface area (Å²) < 4.78 is 5.54. The Morgan fingerprint density at radius 1 is 1.15 bits per heavy atom. The Kier molecular flexibility index (Phi) is 10.6. The molecule has 0 aromatic heterocycles. The summed E-state index contributed by atoms with van der Waals surface area (Å²) in [5, 5.41) is 10.8. The fourth-order valence-electron chi connectivity index (χ4n) is 5.10. The second-order valence-electron chi connectivity index (χ2n) is 10.5. The molecule has 0 saturated carbocycles. The van der Waals surface area contributed by atoms with Gasteiger partial charge in [-0.3, -0.25) is 14.9 Å². The summed E-state index contributed by atoms with van der Waals surface area (Å²) >= 11 is 0. The Bertz CT molecular complexity index is 1120. The number of nitro benzene ring substituents is 1. The summed E-state index contributed by atoms with van der Waals surface area (Å²) in [6, 6.07) is 16.4. The first kappa shape index (κ1) is 29.8. The lowest BCUT2D eigenvalue weighted by Crippen LogP contribution is -2.48. The molecule has 0 aliphatic carbocycles. The van der Waals surface area contributed by atoms with Gasteiger partial charge in [0.05, 0.1) is 4.92 Å². The van der Waals surface area contributed by atoms with Crippen LogP contribution in [-0.4, -0.2) is 77.4 Å². The quantitative estimate of drug-likeness (QED) is 0.215. The lowest BCUT2D eigenvalue weighted by Gasteiger charge is -2.40. The van der Waals surface area contributed by atoms with Gasteiger partial charge in [-0.25, -0.2) is 4.79 Å². The monoisotopic (exact) mass is 536 g/mol. The first-order valence-corrected chi connectivity index (χ1v) is 13.4. The summed E-state index contributed by atoms with van der Waals surface area (Å²) in [4.78, 5) is 41.2. The third-order valence-corrected chi connectivity index (χ3v) is 7.64. The molecule has 1 unspecified atom stereocenters. The van der Waals surface area contributed by atoms with Crippen LogP contribution in [0.2, 0.25) is 0 Å². The normalized spacial score (nSPS) is 15.7. The molecule has 0 bridgehead atoms. The summed E-state index contributed by atoms with van der Waals surface area (Å²) in [7, 11) is 1.85. The van der Waals surface area contributed by atoms with Crippen LogP contribution in [0, 0.1) is 10.1 Å². The van der Waals surface area contributed by atoms with E-state index in [9.17, 15) is 19.7 Å². The highest BCUT2D eigenvalue weighted by Gasteiger charge is 2.32. The highest BCUT2D eigenvalue weighted by Crippen LogP contribution is 2.30. The largest absolute Gasteiger partial charge is 0.445 e. The van der Waals surface area contributed by atoms with Crippen LogP contribution < -0.4 is 0 Å². The van der Waals surface area contributed by atoms with Crippen LogP contribution in [0.1, 0.15) is 44.2 Å². The average molecular weight is 537 g/mol. The van der Waals surface area contributed by atoms with Gasteiger partial charge in [-0.05, 0) is 49.1 Å². The minimum absolute atomic E-state index is 0.0000703. The number of rotatable bonds is 12. The molecular formula is C30H40N4O5. The van der Waals surface area contributed by atoms with Crippen molar-refractivity contribution in [3.8, 4) is 0 Å². The van der Waals surface area contributed by atoms with E-state index in [1.807, 2.05) is 25.2 Å². The van der Waals surface area contributed by atoms with E-state index in [1.165, 1.54) is 17.7 Å². The molecule has 3 rings (SSSR count). The predicted molar refractivity (Wildman–Crippen MR) is 151 cm³/mol. The van der Waals surface area contributed by atoms with Gasteiger partial charge in [0.25, 0.3) is 5.69 Å².